The van der Waals surface area contributed by atoms with Gasteiger partial charge in [-0.2, -0.15) is 0 Å². The molecule has 2 amide bonds. The van der Waals surface area contributed by atoms with Gasteiger partial charge in [0.25, 0.3) is 5.92 Å². The first-order valence-electron chi connectivity index (χ1n) is 12.5. The van der Waals surface area contributed by atoms with Crippen LogP contribution in [0.5, 0.6) is 0 Å². The summed E-state index contributed by atoms with van der Waals surface area (Å²) in [5.41, 5.74) is 2.81. The van der Waals surface area contributed by atoms with Crippen LogP contribution in [0.25, 0.3) is 0 Å². The van der Waals surface area contributed by atoms with Gasteiger partial charge in [0.05, 0.1) is 23.7 Å². The number of aryl methyl sites for hydroxylation is 1. The third kappa shape index (κ3) is 5.44. The van der Waals surface area contributed by atoms with E-state index in [1.165, 1.54) is 11.3 Å². The highest BCUT2D eigenvalue weighted by Gasteiger charge is 2.34. The van der Waals surface area contributed by atoms with Gasteiger partial charge in [-0.1, -0.05) is 0 Å². The van der Waals surface area contributed by atoms with Crippen LogP contribution in [0.3, 0.4) is 0 Å². The number of carbonyl (C=O) groups is 2. The van der Waals surface area contributed by atoms with Crippen molar-refractivity contribution in [2.45, 2.75) is 77.0 Å². The summed E-state index contributed by atoms with van der Waals surface area (Å²) in [7, 11) is 0. The van der Waals surface area contributed by atoms with Crippen molar-refractivity contribution in [3.8, 4) is 0 Å². The SMILES string of the molecule is CC(F)(F)c1sc2c(c1CNC(=O)Nc1sc3c(c1C(=O)OC1CCOCC1)CCCC3)CCNC2. The minimum Gasteiger partial charge on any atom is -0.459 e. The Morgan fingerprint density at radius 3 is 2.67 bits per heavy atom. The molecule has 0 saturated carbocycles. The minimum atomic E-state index is -2.98. The van der Waals surface area contributed by atoms with Crippen LogP contribution in [0, 0.1) is 0 Å². The minimum absolute atomic E-state index is 0.00335. The number of urea groups is 1. The van der Waals surface area contributed by atoms with Gasteiger partial charge in [0.1, 0.15) is 11.1 Å². The average molecular weight is 540 g/mol. The number of hydrogen-bond donors (Lipinski definition) is 3. The van der Waals surface area contributed by atoms with Gasteiger partial charge in [-0.3, -0.25) is 5.32 Å². The molecule has 0 atom stereocenters. The maximum atomic E-state index is 14.3. The monoisotopic (exact) mass is 539 g/mol. The van der Waals surface area contributed by atoms with E-state index in [2.05, 4.69) is 16.0 Å². The highest BCUT2D eigenvalue weighted by molar-refractivity contribution is 7.17. The van der Waals surface area contributed by atoms with Gasteiger partial charge < -0.3 is 20.1 Å². The number of rotatable bonds is 6. The number of hydrogen-bond acceptors (Lipinski definition) is 7. The van der Waals surface area contributed by atoms with E-state index in [4.69, 9.17) is 9.47 Å². The molecule has 5 rings (SSSR count). The first kappa shape index (κ1) is 25.6. The zero-order chi connectivity index (χ0) is 25.3. The van der Waals surface area contributed by atoms with Crippen molar-refractivity contribution >= 4 is 39.7 Å². The van der Waals surface area contributed by atoms with Crippen LogP contribution in [-0.4, -0.2) is 37.9 Å². The van der Waals surface area contributed by atoms with E-state index in [1.807, 2.05) is 0 Å². The molecule has 3 N–H and O–H groups in total. The number of amides is 2. The lowest BCUT2D eigenvalue weighted by Crippen LogP contribution is -2.31. The number of carbonyl (C=O) groups excluding carboxylic acids is 2. The Hall–Kier alpha value is -2.08. The molecule has 1 fully saturated rings. The molecule has 0 bridgehead atoms. The lowest BCUT2D eigenvalue weighted by Gasteiger charge is -2.23. The zero-order valence-corrected chi connectivity index (χ0v) is 21.9. The maximum absolute atomic E-state index is 14.3. The summed E-state index contributed by atoms with van der Waals surface area (Å²) in [6, 6.07) is -0.520. The number of halogens is 2. The highest BCUT2D eigenvalue weighted by atomic mass is 32.1. The quantitative estimate of drug-likeness (QED) is 0.445. The number of fused-ring (bicyclic) bond motifs is 2. The predicted octanol–water partition coefficient (Wildman–Crippen LogP) is 5.10. The Balaban J connectivity index is 1.32. The fourth-order valence-electron chi connectivity index (χ4n) is 5.13. The molecule has 0 spiro atoms. The van der Waals surface area contributed by atoms with E-state index in [9.17, 15) is 18.4 Å². The van der Waals surface area contributed by atoms with Crippen LogP contribution in [0.1, 0.15) is 74.3 Å². The number of ether oxygens (including phenoxy) is 2. The van der Waals surface area contributed by atoms with Crippen LogP contribution >= 0.6 is 22.7 Å². The Kier molecular flexibility index (Phi) is 7.62. The van der Waals surface area contributed by atoms with E-state index in [1.54, 1.807) is 0 Å². The van der Waals surface area contributed by atoms with Crippen molar-refractivity contribution in [3.63, 3.8) is 0 Å². The molecule has 2 aromatic heterocycles. The Bertz CT molecular complexity index is 1140. The second kappa shape index (κ2) is 10.7. The molecule has 3 aliphatic rings. The van der Waals surface area contributed by atoms with Crippen molar-refractivity contribution in [2.75, 3.05) is 25.1 Å². The van der Waals surface area contributed by atoms with E-state index in [0.717, 1.165) is 71.4 Å². The highest BCUT2D eigenvalue weighted by Crippen LogP contribution is 2.41. The molecule has 0 unspecified atom stereocenters. The lowest BCUT2D eigenvalue weighted by molar-refractivity contribution is -0.0159. The van der Waals surface area contributed by atoms with Gasteiger partial charge in [0.2, 0.25) is 0 Å². The predicted molar refractivity (Wildman–Crippen MR) is 135 cm³/mol. The van der Waals surface area contributed by atoms with Crippen molar-refractivity contribution in [1.29, 1.82) is 0 Å². The van der Waals surface area contributed by atoms with Crippen LogP contribution in [0.2, 0.25) is 0 Å². The molecule has 2 aliphatic heterocycles. The molecule has 4 heterocycles. The molecule has 0 radical (unpaired) electrons. The van der Waals surface area contributed by atoms with Gasteiger partial charge in [0.15, 0.2) is 0 Å². The average Bonchev–Trinajstić information content (AvgIpc) is 3.41. The molecule has 0 aromatic carbocycles. The second-order valence-corrected chi connectivity index (χ2v) is 11.8. The van der Waals surface area contributed by atoms with Gasteiger partial charge in [0, 0.05) is 42.6 Å². The standard InChI is InChI=1S/C25H31F2N3O4S2/c1-25(26,27)21-17(15-6-9-28-13-19(15)35-21)12-29-24(32)30-22-20(16-4-2-3-5-18(16)36-22)23(31)34-14-7-10-33-11-8-14/h14,28H,2-13H2,1H3,(H2,29,30,32). The topological polar surface area (TPSA) is 88.7 Å². The van der Waals surface area contributed by atoms with Crippen molar-refractivity contribution < 1.29 is 27.8 Å². The number of alkyl halides is 2. The van der Waals surface area contributed by atoms with Gasteiger partial charge in [-0.15, -0.1) is 22.7 Å². The van der Waals surface area contributed by atoms with Crippen LogP contribution < -0.4 is 16.0 Å². The molecular weight excluding hydrogens is 508 g/mol. The number of anilines is 1. The largest absolute Gasteiger partial charge is 0.459 e. The van der Waals surface area contributed by atoms with Crippen LogP contribution in [-0.2, 0) is 47.7 Å². The van der Waals surface area contributed by atoms with E-state index < -0.39 is 17.9 Å². The molecule has 36 heavy (non-hydrogen) atoms. The summed E-state index contributed by atoms with van der Waals surface area (Å²) in [6.07, 6.45) is 5.44. The molecule has 1 aliphatic carbocycles. The zero-order valence-electron chi connectivity index (χ0n) is 20.3. The summed E-state index contributed by atoms with van der Waals surface area (Å²) in [4.78, 5) is 28.1. The van der Waals surface area contributed by atoms with E-state index in [0.29, 0.717) is 55.1 Å². The molecule has 11 heteroatoms. The maximum Gasteiger partial charge on any atom is 0.341 e. The number of esters is 1. The van der Waals surface area contributed by atoms with E-state index in [-0.39, 0.29) is 17.5 Å². The Morgan fingerprint density at radius 1 is 1.11 bits per heavy atom. The van der Waals surface area contributed by atoms with Gasteiger partial charge >= 0.3 is 12.0 Å². The first-order valence-corrected chi connectivity index (χ1v) is 14.1. The van der Waals surface area contributed by atoms with Gasteiger partial charge in [-0.05, 0) is 55.3 Å². The normalized spacial score (nSPS) is 18.3. The fourth-order valence-corrected chi connectivity index (χ4v) is 7.67. The number of nitrogens with one attached hydrogen (secondary N) is 3. The molecule has 196 valence electrons. The van der Waals surface area contributed by atoms with E-state index >= 15 is 0 Å². The summed E-state index contributed by atoms with van der Waals surface area (Å²) in [5.74, 6) is -3.40. The summed E-state index contributed by atoms with van der Waals surface area (Å²) in [5, 5.41) is 9.28. The molecule has 2 aromatic rings. The third-order valence-corrected chi connectivity index (χ3v) is 9.56. The summed E-state index contributed by atoms with van der Waals surface area (Å²) in [6.45, 7) is 3.31. The van der Waals surface area contributed by atoms with Crippen molar-refractivity contribution in [3.05, 3.63) is 36.9 Å². The first-order chi connectivity index (χ1) is 17.3. The van der Waals surface area contributed by atoms with Crippen molar-refractivity contribution in [2.24, 2.45) is 0 Å². The summed E-state index contributed by atoms with van der Waals surface area (Å²) < 4.78 is 39.8. The molecule has 7 nitrogen and oxygen atoms in total. The Morgan fingerprint density at radius 2 is 1.89 bits per heavy atom. The Labute approximate surface area is 216 Å². The lowest BCUT2D eigenvalue weighted by atomic mass is 9.95. The second-order valence-electron chi connectivity index (χ2n) is 9.57. The van der Waals surface area contributed by atoms with Crippen molar-refractivity contribution in [1.82, 2.24) is 10.6 Å². The fraction of sp³-hybridized carbons (Fsp3) is 0.600. The number of thiophene rings is 2. The smallest absolute Gasteiger partial charge is 0.341 e. The third-order valence-electron chi connectivity index (χ3n) is 6.91. The van der Waals surface area contributed by atoms with Crippen LogP contribution in [0.15, 0.2) is 0 Å². The van der Waals surface area contributed by atoms with Crippen LogP contribution in [0.4, 0.5) is 18.6 Å². The summed E-state index contributed by atoms with van der Waals surface area (Å²) >= 11 is 2.52. The molecule has 1 saturated heterocycles. The van der Waals surface area contributed by atoms with Gasteiger partial charge in [-0.25, -0.2) is 18.4 Å². The molecular formula is C25H31F2N3O4S2.